The maximum atomic E-state index is 5.86. The highest BCUT2D eigenvalue weighted by Crippen LogP contribution is 2.30. The fourth-order valence-electron chi connectivity index (χ4n) is 2.46. The van der Waals surface area contributed by atoms with Crippen molar-refractivity contribution in [3.63, 3.8) is 0 Å². The van der Waals surface area contributed by atoms with Crippen molar-refractivity contribution in [2.75, 3.05) is 5.73 Å². The lowest BCUT2D eigenvalue weighted by molar-refractivity contribution is 0.904. The van der Waals surface area contributed by atoms with E-state index in [2.05, 4.69) is 52.5 Å². The number of imidazole rings is 1. The zero-order valence-corrected chi connectivity index (χ0v) is 13.1. The van der Waals surface area contributed by atoms with Gasteiger partial charge in [-0.1, -0.05) is 19.1 Å². The Balaban J connectivity index is 2.37. The number of nitrogens with zero attached hydrogens (tertiary/aromatic N) is 2. The summed E-state index contributed by atoms with van der Waals surface area (Å²) in [6.07, 6.45) is 0.870. The number of rotatable bonds is 2. The van der Waals surface area contributed by atoms with Crippen molar-refractivity contribution in [2.45, 2.75) is 20.3 Å². The van der Waals surface area contributed by atoms with E-state index in [9.17, 15) is 0 Å². The molecule has 102 valence electrons. The van der Waals surface area contributed by atoms with Gasteiger partial charge in [0.1, 0.15) is 5.82 Å². The third-order valence-corrected chi connectivity index (χ3v) is 4.51. The van der Waals surface area contributed by atoms with E-state index in [1.54, 1.807) is 0 Å². The largest absolute Gasteiger partial charge is 0.399 e. The molecule has 20 heavy (non-hydrogen) atoms. The van der Waals surface area contributed by atoms with Crippen molar-refractivity contribution < 1.29 is 0 Å². The molecule has 0 aliphatic heterocycles. The molecule has 0 aliphatic carbocycles. The van der Waals surface area contributed by atoms with Gasteiger partial charge in [0, 0.05) is 16.6 Å². The van der Waals surface area contributed by atoms with Gasteiger partial charge in [0.05, 0.1) is 16.7 Å². The van der Waals surface area contributed by atoms with Gasteiger partial charge in [0.25, 0.3) is 0 Å². The summed E-state index contributed by atoms with van der Waals surface area (Å²) in [4.78, 5) is 4.70. The summed E-state index contributed by atoms with van der Waals surface area (Å²) in [5, 5.41) is 0. The van der Waals surface area contributed by atoms with Crippen molar-refractivity contribution in [1.82, 2.24) is 9.55 Å². The average Bonchev–Trinajstić information content (AvgIpc) is 2.79. The van der Waals surface area contributed by atoms with Crippen LogP contribution in [0.2, 0.25) is 0 Å². The number of aromatic nitrogens is 2. The Labute approximate surface area is 126 Å². The van der Waals surface area contributed by atoms with E-state index >= 15 is 0 Å². The van der Waals surface area contributed by atoms with Gasteiger partial charge < -0.3 is 5.73 Å². The van der Waals surface area contributed by atoms with Gasteiger partial charge in [-0.05, 0) is 52.7 Å². The minimum atomic E-state index is 0.744. The molecule has 0 amide bonds. The van der Waals surface area contributed by atoms with Crippen molar-refractivity contribution in [3.8, 4) is 5.69 Å². The number of hydrogen-bond donors (Lipinski definition) is 1. The monoisotopic (exact) mass is 329 g/mol. The highest BCUT2D eigenvalue weighted by molar-refractivity contribution is 9.10. The molecule has 0 fully saturated rings. The van der Waals surface area contributed by atoms with Crippen LogP contribution in [-0.2, 0) is 6.42 Å². The number of benzene rings is 2. The van der Waals surface area contributed by atoms with E-state index in [1.165, 1.54) is 5.56 Å². The summed E-state index contributed by atoms with van der Waals surface area (Å²) in [6, 6.07) is 12.1. The van der Waals surface area contributed by atoms with Crippen LogP contribution in [0.5, 0.6) is 0 Å². The lowest BCUT2D eigenvalue weighted by Gasteiger charge is -2.12. The predicted molar refractivity (Wildman–Crippen MR) is 87.3 cm³/mol. The molecular weight excluding hydrogens is 314 g/mol. The molecule has 0 spiro atoms. The summed E-state index contributed by atoms with van der Waals surface area (Å²) >= 11 is 3.69. The van der Waals surface area contributed by atoms with Crippen LogP contribution in [0.1, 0.15) is 18.3 Å². The van der Waals surface area contributed by atoms with E-state index in [0.29, 0.717) is 0 Å². The van der Waals surface area contributed by atoms with Gasteiger partial charge in [-0.3, -0.25) is 4.57 Å². The molecule has 2 aromatic carbocycles. The molecule has 3 nitrogen and oxygen atoms in total. The molecule has 4 heteroatoms. The first kappa shape index (κ1) is 13.2. The van der Waals surface area contributed by atoms with Gasteiger partial charge in [-0.2, -0.15) is 0 Å². The molecule has 3 aromatic rings. The number of fused-ring (bicyclic) bond motifs is 1. The summed E-state index contributed by atoms with van der Waals surface area (Å²) in [7, 11) is 0. The van der Waals surface area contributed by atoms with E-state index < -0.39 is 0 Å². The molecule has 0 atom stereocenters. The summed E-state index contributed by atoms with van der Waals surface area (Å²) in [6.45, 7) is 4.21. The number of nitrogens with two attached hydrogens (primary N) is 1. The van der Waals surface area contributed by atoms with Crippen molar-refractivity contribution in [2.24, 2.45) is 0 Å². The van der Waals surface area contributed by atoms with Crippen molar-refractivity contribution in [1.29, 1.82) is 0 Å². The van der Waals surface area contributed by atoms with Crippen molar-refractivity contribution >= 4 is 32.7 Å². The second-order valence-corrected chi connectivity index (χ2v) is 5.67. The van der Waals surface area contributed by atoms with E-state index in [-0.39, 0.29) is 0 Å². The zero-order chi connectivity index (χ0) is 14.3. The second kappa shape index (κ2) is 4.94. The number of aryl methyl sites for hydroxylation is 2. The Bertz CT molecular complexity index is 790. The minimum absolute atomic E-state index is 0.744. The van der Waals surface area contributed by atoms with Gasteiger partial charge >= 0.3 is 0 Å². The lowest BCUT2D eigenvalue weighted by Crippen LogP contribution is -2.01. The van der Waals surface area contributed by atoms with Crippen LogP contribution in [-0.4, -0.2) is 9.55 Å². The molecular formula is C16H16BrN3. The van der Waals surface area contributed by atoms with Gasteiger partial charge in [-0.25, -0.2) is 4.98 Å². The van der Waals surface area contributed by atoms with Crippen LogP contribution >= 0.6 is 15.9 Å². The van der Waals surface area contributed by atoms with Crippen LogP contribution in [0.4, 0.5) is 5.69 Å². The first-order valence-corrected chi connectivity index (χ1v) is 7.43. The first-order valence-electron chi connectivity index (χ1n) is 6.64. The Morgan fingerprint density at radius 1 is 1.25 bits per heavy atom. The predicted octanol–water partition coefficient (Wildman–Crippen LogP) is 4.24. The molecule has 1 heterocycles. The molecule has 3 rings (SSSR count). The maximum Gasteiger partial charge on any atom is 0.114 e. The third-order valence-electron chi connectivity index (χ3n) is 3.48. The van der Waals surface area contributed by atoms with Crippen LogP contribution in [0.3, 0.4) is 0 Å². The van der Waals surface area contributed by atoms with Gasteiger partial charge in [0.2, 0.25) is 0 Å². The Hall–Kier alpha value is -1.81. The summed E-state index contributed by atoms with van der Waals surface area (Å²) in [5.74, 6) is 1.04. The Morgan fingerprint density at radius 2 is 2.05 bits per heavy atom. The SMILES string of the molecule is CCc1nc2cc(N)ccc2n1-c1cccc(C)c1Br. The van der Waals surface area contributed by atoms with Gasteiger partial charge in [-0.15, -0.1) is 0 Å². The highest BCUT2D eigenvalue weighted by atomic mass is 79.9. The molecule has 0 radical (unpaired) electrons. The summed E-state index contributed by atoms with van der Waals surface area (Å²) in [5.41, 5.74) is 11.0. The molecule has 0 bridgehead atoms. The number of hydrogen-bond acceptors (Lipinski definition) is 2. The smallest absolute Gasteiger partial charge is 0.114 e. The number of nitrogen functional groups attached to an aromatic ring is 1. The number of halogens is 1. The third kappa shape index (κ3) is 2.00. The second-order valence-electron chi connectivity index (χ2n) is 4.87. The molecule has 1 aromatic heterocycles. The first-order chi connectivity index (χ1) is 9.61. The highest BCUT2D eigenvalue weighted by Gasteiger charge is 2.14. The Kier molecular flexibility index (Phi) is 3.26. The molecule has 0 unspecified atom stereocenters. The summed E-state index contributed by atoms with van der Waals surface area (Å²) < 4.78 is 3.30. The fourth-order valence-corrected chi connectivity index (χ4v) is 2.90. The zero-order valence-electron chi connectivity index (χ0n) is 11.5. The van der Waals surface area contributed by atoms with Crippen LogP contribution in [0.15, 0.2) is 40.9 Å². The lowest BCUT2D eigenvalue weighted by atomic mass is 10.2. The van der Waals surface area contributed by atoms with Crippen LogP contribution in [0, 0.1) is 6.92 Å². The van der Waals surface area contributed by atoms with E-state index in [1.807, 2.05) is 18.2 Å². The Morgan fingerprint density at radius 3 is 2.80 bits per heavy atom. The fraction of sp³-hybridized carbons (Fsp3) is 0.188. The minimum Gasteiger partial charge on any atom is -0.399 e. The average molecular weight is 330 g/mol. The van der Waals surface area contributed by atoms with Crippen LogP contribution < -0.4 is 5.73 Å². The quantitative estimate of drug-likeness (QED) is 0.714. The number of anilines is 1. The molecule has 0 aliphatic rings. The van der Waals surface area contributed by atoms with E-state index in [4.69, 9.17) is 10.7 Å². The van der Waals surface area contributed by atoms with E-state index in [0.717, 1.165) is 39.1 Å². The standard InChI is InChI=1S/C16H16BrN3/c1-3-15-19-12-9-11(18)7-8-13(12)20(15)14-6-4-5-10(2)16(14)17/h4-9H,3,18H2,1-2H3. The topological polar surface area (TPSA) is 43.8 Å². The van der Waals surface area contributed by atoms with Crippen molar-refractivity contribution in [3.05, 3.63) is 52.3 Å². The van der Waals surface area contributed by atoms with Crippen LogP contribution in [0.25, 0.3) is 16.7 Å². The molecule has 0 saturated carbocycles. The maximum absolute atomic E-state index is 5.86. The molecule has 0 saturated heterocycles. The molecule has 2 N–H and O–H groups in total. The van der Waals surface area contributed by atoms with Gasteiger partial charge in [0.15, 0.2) is 0 Å². The normalized spacial score (nSPS) is 11.2.